The van der Waals surface area contributed by atoms with Crippen molar-refractivity contribution in [2.45, 2.75) is 38.3 Å². The number of ether oxygens (including phenoxy) is 1. The Morgan fingerprint density at radius 1 is 1.27 bits per heavy atom. The van der Waals surface area contributed by atoms with Crippen molar-refractivity contribution in [2.24, 2.45) is 11.8 Å². The fourth-order valence-corrected chi connectivity index (χ4v) is 5.71. The van der Waals surface area contributed by atoms with Crippen LogP contribution in [-0.4, -0.2) is 46.2 Å². The van der Waals surface area contributed by atoms with Gasteiger partial charge in [0.1, 0.15) is 5.75 Å². The molecule has 7 nitrogen and oxygen atoms in total. The number of aliphatic hydroxyl groups is 1. The molecule has 4 unspecified atom stereocenters. The molecule has 1 aromatic heterocycles. The van der Waals surface area contributed by atoms with Crippen LogP contribution < -0.4 is 4.74 Å². The van der Waals surface area contributed by atoms with E-state index in [9.17, 15) is 15.2 Å². The number of non-ortho nitro benzene ring substituents is 1. The van der Waals surface area contributed by atoms with Gasteiger partial charge in [0.05, 0.1) is 29.3 Å². The lowest BCUT2D eigenvalue weighted by molar-refractivity contribution is -0.384. The number of nitro groups is 1. The molecule has 7 heteroatoms. The molecule has 5 atom stereocenters. The lowest BCUT2D eigenvalue weighted by Crippen LogP contribution is -2.55. The second kappa shape index (κ2) is 8.72. The average Bonchev–Trinajstić information content (AvgIpc) is 2.87. The highest BCUT2D eigenvalue weighted by atomic mass is 16.6. The summed E-state index contributed by atoms with van der Waals surface area (Å²) in [6.07, 6.45) is 2.68. The molecule has 0 saturated carbocycles. The Morgan fingerprint density at radius 2 is 2.12 bits per heavy atom. The molecule has 3 aliphatic heterocycles. The fraction of sp³-hybridized carbons (Fsp3) is 0.423. The van der Waals surface area contributed by atoms with Gasteiger partial charge < -0.3 is 9.84 Å². The van der Waals surface area contributed by atoms with E-state index in [0.717, 1.165) is 36.0 Å². The van der Waals surface area contributed by atoms with Gasteiger partial charge in [-0.2, -0.15) is 0 Å². The number of aliphatic hydroxyl groups excluding tert-OH is 1. The molecule has 33 heavy (non-hydrogen) atoms. The number of pyridine rings is 1. The number of benzene rings is 2. The lowest BCUT2D eigenvalue weighted by atomic mass is 9.72. The average molecular weight is 448 g/mol. The molecule has 2 aromatic carbocycles. The standard InChI is InChI=1S/C26H29N3O4/c1-3-16-15-28-10-9-17(16)12-25(28)26(30)22-14-24(18-5-4-6-19(11-18)29(31)32)27-23-8-7-20(33-2)13-21(22)23/h4-8,11,13-14,16-17,25-26,30H,3,9-10,12,15H2,1-2H3/t16?,17?,25?,26-/m1/s1. The maximum atomic E-state index is 11.7. The highest BCUT2D eigenvalue weighted by Crippen LogP contribution is 2.43. The van der Waals surface area contributed by atoms with Crippen molar-refractivity contribution >= 4 is 16.6 Å². The van der Waals surface area contributed by atoms with Crippen LogP contribution in [0.25, 0.3) is 22.2 Å². The van der Waals surface area contributed by atoms with Gasteiger partial charge in [0.15, 0.2) is 0 Å². The molecule has 3 aromatic rings. The molecule has 3 fully saturated rings. The van der Waals surface area contributed by atoms with Crippen molar-refractivity contribution in [1.29, 1.82) is 0 Å². The minimum Gasteiger partial charge on any atom is -0.497 e. The topological polar surface area (TPSA) is 88.7 Å². The zero-order valence-electron chi connectivity index (χ0n) is 19.0. The van der Waals surface area contributed by atoms with Crippen molar-refractivity contribution in [3.8, 4) is 17.0 Å². The summed E-state index contributed by atoms with van der Waals surface area (Å²) in [6.45, 7) is 4.31. The third-order valence-electron chi connectivity index (χ3n) is 7.54. The Kier molecular flexibility index (Phi) is 5.76. The zero-order chi connectivity index (χ0) is 23.1. The second-order valence-electron chi connectivity index (χ2n) is 9.25. The number of hydrogen-bond donors (Lipinski definition) is 1. The van der Waals surface area contributed by atoms with Gasteiger partial charge in [-0.25, -0.2) is 4.98 Å². The van der Waals surface area contributed by atoms with Crippen LogP contribution in [0.2, 0.25) is 0 Å². The Balaban J connectivity index is 1.60. The van der Waals surface area contributed by atoms with Crippen molar-refractivity contribution < 1.29 is 14.8 Å². The van der Waals surface area contributed by atoms with E-state index in [4.69, 9.17) is 9.72 Å². The molecular weight excluding hydrogens is 418 g/mol. The number of piperidine rings is 3. The first kappa shape index (κ1) is 21.8. The number of nitro benzene ring substituents is 1. The maximum absolute atomic E-state index is 11.7. The Morgan fingerprint density at radius 3 is 2.82 bits per heavy atom. The molecule has 0 radical (unpaired) electrons. The number of hydrogen-bond acceptors (Lipinski definition) is 6. The third kappa shape index (κ3) is 3.96. The van der Waals surface area contributed by atoms with Crippen LogP contribution >= 0.6 is 0 Å². The molecule has 0 amide bonds. The maximum Gasteiger partial charge on any atom is 0.270 e. The lowest BCUT2D eigenvalue weighted by Gasteiger charge is -2.51. The van der Waals surface area contributed by atoms with E-state index < -0.39 is 11.0 Å². The highest BCUT2D eigenvalue weighted by Gasteiger charge is 2.42. The molecular formula is C26H29N3O4. The molecule has 1 N–H and O–H groups in total. The molecule has 0 aliphatic carbocycles. The first-order valence-electron chi connectivity index (χ1n) is 11.6. The van der Waals surface area contributed by atoms with Gasteiger partial charge in [-0.15, -0.1) is 0 Å². The van der Waals surface area contributed by atoms with Crippen molar-refractivity contribution in [3.05, 3.63) is 64.2 Å². The minimum absolute atomic E-state index is 0.0209. The summed E-state index contributed by atoms with van der Waals surface area (Å²) in [5.41, 5.74) is 2.83. The van der Waals surface area contributed by atoms with E-state index >= 15 is 0 Å². The van der Waals surface area contributed by atoms with Gasteiger partial charge in [0.25, 0.3) is 5.69 Å². The first-order valence-corrected chi connectivity index (χ1v) is 11.6. The summed E-state index contributed by atoms with van der Waals surface area (Å²) in [5.74, 6) is 2.06. The number of nitrogens with zero attached hydrogens (tertiary/aromatic N) is 3. The summed E-state index contributed by atoms with van der Waals surface area (Å²) >= 11 is 0. The number of aromatic nitrogens is 1. The second-order valence-corrected chi connectivity index (χ2v) is 9.25. The van der Waals surface area contributed by atoms with E-state index in [2.05, 4.69) is 11.8 Å². The predicted octanol–water partition coefficient (Wildman–Crippen LogP) is 4.97. The molecule has 3 saturated heterocycles. The van der Waals surface area contributed by atoms with Gasteiger partial charge in [-0.1, -0.05) is 25.5 Å². The van der Waals surface area contributed by atoms with Crippen LogP contribution in [-0.2, 0) is 0 Å². The van der Waals surface area contributed by atoms with Crippen molar-refractivity contribution in [3.63, 3.8) is 0 Å². The van der Waals surface area contributed by atoms with Crippen LogP contribution in [0.1, 0.15) is 37.9 Å². The number of fused-ring (bicyclic) bond motifs is 4. The molecule has 0 spiro atoms. The highest BCUT2D eigenvalue weighted by molar-refractivity contribution is 5.87. The van der Waals surface area contributed by atoms with Gasteiger partial charge in [0, 0.05) is 35.7 Å². The fourth-order valence-electron chi connectivity index (χ4n) is 5.71. The third-order valence-corrected chi connectivity index (χ3v) is 7.54. The predicted molar refractivity (Wildman–Crippen MR) is 127 cm³/mol. The van der Waals surface area contributed by atoms with Gasteiger partial charge in [0.2, 0.25) is 0 Å². The molecule has 6 rings (SSSR count). The molecule has 2 bridgehead atoms. The van der Waals surface area contributed by atoms with E-state index in [0.29, 0.717) is 28.8 Å². The summed E-state index contributed by atoms with van der Waals surface area (Å²) in [5, 5.41) is 23.8. The van der Waals surface area contributed by atoms with Crippen LogP contribution in [0.4, 0.5) is 5.69 Å². The summed E-state index contributed by atoms with van der Waals surface area (Å²) < 4.78 is 5.44. The normalized spacial score (nSPS) is 25.2. The van der Waals surface area contributed by atoms with Crippen molar-refractivity contribution in [1.82, 2.24) is 9.88 Å². The SMILES string of the molecule is CCC1CN2CCC1CC2[C@H](O)c1cc(-c2cccc([N+](=O)[O-])c2)nc2ccc(OC)cc12. The van der Waals surface area contributed by atoms with E-state index in [1.165, 1.54) is 25.0 Å². The van der Waals surface area contributed by atoms with E-state index in [1.54, 1.807) is 13.2 Å². The van der Waals surface area contributed by atoms with Crippen LogP contribution in [0.15, 0.2) is 48.5 Å². The van der Waals surface area contributed by atoms with Gasteiger partial charge in [-0.05, 0) is 61.1 Å². The van der Waals surface area contributed by atoms with Crippen LogP contribution in [0.5, 0.6) is 5.75 Å². The monoisotopic (exact) mass is 447 g/mol. The van der Waals surface area contributed by atoms with Crippen LogP contribution in [0, 0.1) is 22.0 Å². The Bertz CT molecular complexity index is 1200. The van der Waals surface area contributed by atoms with Crippen molar-refractivity contribution in [2.75, 3.05) is 20.2 Å². The zero-order valence-corrected chi connectivity index (χ0v) is 19.0. The largest absolute Gasteiger partial charge is 0.497 e. The Hall–Kier alpha value is -3.03. The number of rotatable bonds is 6. The van der Waals surface area contributed by atoms with Crippen LogP contribution in [0.3, 0.4) is 0 Å². The molecule has 3 aliphatic rings. The molecule has 4 heterocycles. The summed E-state index contributed by atoms with van der Waals surface area (Å²) in [7, 11) is 1.62. The minimum atomic E-state index is -0.680. The summed E-state index contributed by atoms with van der Waals surface area (Å²) in [6, 6.07) is 14.1. The Labute approximate surface area is 193 Å². The quantitative estimate of drug-likeness (QED) is 0.424. The van der Waals surface area contributed by atoms with E-state index in [-0.39, 0.29) is 11.7 Å². The number of methoxy groups -OCH3 is 1. The van der Waals surface area contributed by atoms with E-state index in [1.807, 2.05) is 30.3 Å². The first-order chi connectivity index (χ1) is 16.0. The molecule has 172 valence electrons. The summed E-state index contributed by atoms with van der Waals surface area (Å²) in [4.78, 5) is 18.1. The van der Waals surface area contributed by atoms with Gasteiger partial charge in [-0.3, -0.25) is 15.0 Å². The van der Waals surface area contributed by atoms with Gasteiger partial charge >= 0.3 is 0 Å². The smallest absolute Gasteiger partial charge is 0.270 e.